The third-order valence-electron chi connectivity index (χ3n) is 14.7. The summed E-state index contributed by atoms with van der Waals surface area (Å²) in [5.74, 6) is -0.903. The molecule has 0 aromatic heterocycles. The number of ether oxygens (including phenoxy) is 3. The van der Waals surface area contributed by atoms with Crippen LogP contribution in [0.25, 0.3) is 0 Å². The lowest BCUT2D eigenvalue weighted by Crippen LogP contribution is -2.30. The lowest BCUT2D eigenvalue weighted by Gasteiger charge is -2.18. The molecule has 6 heteroatoms. The molecular formula is C76H128O6. The molecule has 0 aliphatic rings. The van der Waals surface area contributed by atoms with E-state index in [2.05, 4.69) is 142 Å². The monoisotopic (exact) mass is 1140 g/mol. The minimum Gasteiger partial charge on any atom is -0.462 e. The Hall–Kier alpha value is -4.19. The Bertz CT molecular complexity index is 1690. The molecule has 0 aliphatic heterocycles. The van der Waals surface area contributed by atoms with E-state index < -0.39 is 6.10 Å². The molecule has 82 heavy (non-hydrogen) atoms. The van der Waals surface area contributed by atoms with Crippen LogP contribution in [0, 0.1) is 0 Å². The Kier molecular flexibility index (Phi) is 65.8. The fraction of sp³-hybridized carbons (Fsp3) is 0.697. The van der Waals surface area contributed by atoms with E-state index in [1.165, 1.54) is 141 Å². The zero-order valence-corrected chi connectivity index (χ0v) is 53.7. The normalized spacial score (nSPS) is 12.9. The maximum absolute atomic E-state index is 12.9. The number of esters is 3. The van der Waals surface area contributed by atoms with Gasteiger partial charge in [-0.2, -0.15) is 0 Å². The van der Waals surface area contributed by atoms with Gasteiger partial charge in [0.05, 0.1) is 0 Å². The summed E-state index contributed by atoms with van der Waals surface area (Å²) in [5, 5.41) is 0. The minimum absolute atomic E-state index is 0.0870. The minimum atomic E-state index is -0.791. The molecule has 0 amide bonds. The fourth-order valence-corrected chi connectivity index (χ4v) is 9.55. The molecule has 0 bridgehead atoms. The maximum Gasteiger partial charge on any atom is 0.306 e. The van der Waals surface area contributed by atoms with Gasteiger partial charge in [-0.3, -0.25) is 14.4 Å². The number of carbonyl (C=O) groups is 3. The van der Waals surface area contributed by atoms with Crippen molar-refractivity contribution in [3.8, 4) is 0 Å². The van der Waals surface area contributed by atoms with E-state index in [0.717, 1.165) is 141 Å². The van der Waals surface area contributed by atoms with Crippen molar-refractivity contribution < 1.29 is 28.6 Å². The van der Waals surface area contributed by atoms with Crippen LogP contribution >= 0.6 is 0 Å². The van der Waals surface area contributed by atoms with Crippen LogP contribution in [0.4, 0.5) is 0 Å². The molecule has 0 aromatic carbocycles. The van der Waals surface area contributed by atoms with Crippen molar-refractivity contribution in [2.75, 3.05) is 13.2 Å². The van der Waals surface area contributed by atoms with Gasteiger partial charge >= 0.3 is 17.9 Å². The molecule has 0 radical (unpaired) electrons. The first-order valence-corrected chi connectivity index (χ1v) is 34.5. The molecule has 1 unspecified atom stereocenters. The van der Waals surface area contributed by atoms with Crippen LogP contribution in [0.5, 0.6) is 0 Å². The predicted molar refractivity (Wildman–Crippen MR) is 357 cm³/mol. The second kappa shape index (κ2) is 69.3. The Morgan fingerprint density at radius 2 is 0.476 bits per heavy atom. The Labute approximate surface area is 507 Å². The van der Waals surface area contributed by atoms with E-state index in [4.69, 9.17) is 14.2 Å². The van der Waals surface area contributed by atoms with E-state index >= 15 is 0 Å². The molecular weight excluding hydrogens is 1010 g/mol. The molecule has 0 saturated heterocycles. The van der Waals surface area contributed by atoms with Gasteiger partial charge in [0.15, 0.2) is 6.10 Å². The second-order valence-corrected chi connectivity index (χ2v) is 22.7. The highest BCUT2D eigenvalue weighted by atomic mass is 16.6. The van der Waals surface area contributed by atoms with Crippen LogP contribution in [0.15, 0.2) is 122 Å². The van der Waals surface area contributed by atoms with E-state index in [9.17, 15) is 14.4 Å². The number of rotatable bonds is 62. The van der Waals surface area contributed by atoms with Crippen LogP contribution in [-0.4, -0.2) is 37.2 Å². The third-order valence-corrected chi connectivity index (χ3v) is 14.7. The zero-order valence-electron chi connectivity index (χ0n) is 53.7. The number of hydrogen-bond acceptors (Lipinski definition) is 6. The third kappa shape index (κ3) is 66.6. The van der Waals surface area contributed by atoms with Crippen LogP contribution in [0.1, 0.15) is 323 Å². The highest BCUT2D eigenvalue weighted by Gasteiger charge is 2.19. The van der Waals surface area contributed by atoms with Gasteiger partial charge in [-0.15, -0.1) is 0 Å². The van der Waals surface area contributed by atoms with Gasteiger partial charge in [-0.25, -0.2) is 0 Å². The van der Waals surface area contributed by atoms with Crippen molar-refractivity contribution in [2.45, 2.75) is 329 Å². The van der Waals surface area contributed by atoms with Gasteiger partial charge in [-0.05, 0) is 116 Å². The van der Waals surface area contributed by atoms with E-state index in [0.29, 0.717) is 19.3 Å². The van der Waals surface area contributed by atoms with Crippen molar-refractivity contribution >= 4 is 17.9 Å². The number of unbranched alkanes of at least 4 members (excludes halogenated alkanes) is 31. The predicted octanol–water partition coefficient (Wildman–Crippen LogP) is 23.9. The van der Waals surface area contributed by atoms with Crippen LogP contribution in [0.3, 0.4) is 0 Å². The van der Waals surface area contributed by atoms with E-state index in [-0.39, 0.29) is 31.1 Å². The topological polar surface area (TPSA) is 78.9 Å². The zero-order chi connectivity index (χ0) is 59.2. The number of hydrogen-bond donors (Lipinski definition) is 0. The van der Waals surface area contributed by atoms with E-state index in [1.54, 1.807) is 0 Å². The molecule has 0 saturated carbocycles. The van der Waals surface area contributed by atoms with Crippen LogP contribution in [-0.2, 0) is 28.6 Å². The molecule has 0 rings (SSSR count). The second-order valence-electron chi connectivity index (χ2n) is 22.7. The first kappa shape index (κ1) is 77.8. The van der Waals surface area contributed by atoms with E-state index in [1.807, 2.05) is 0 Å². The summed E-state index contributed by atoms with van der Waals surface area (Å²) in [6, 6.07) is 0. The average molecular weight is 1140 g/mol. The summed E-state index contributed by atoms with van der Waals surface area (Å²) in [7, 11) is 0. The smallest absolute Gasteiger partial charge is 0.306 e. The quantitative estimate of drug-likeness (QED) is 0.0261. The summed E-state index contributed by atoms with van der Waals surface area (Å²) in [6.07, 6.45) is 96.4. The molecule has 0 N–H and O–H groups in total. The average Bonchev–Trinajstić information content (AvgIpc) is 3.47. The van der Waals surface area contributed by atoms with Crippen LogP contribution < -0.4 is 0 Å². The van der Waals surface area contributed by atoms with Crippen molar-refractivity contribution in [1.29, 1.82) is 0 Å². The van der Waals surface area contributed by atoms with Gasteiger partial charge in [0.2, 0.25) is 0 Å². The van der Waals surface area contributed by atoms with Crippen molar-refractivity contribution in [1.82, 2.24) is 0 Å². The summed E-state index contributed by atoms with van der Waals surface area (Å²) >= 11 is 0. The molecule has 1 atom stereocenters. The highest BCUT2D eigenvalue weighted by Crippen LogP contribution is 2.16. The first-order valence-electron chi connectivity index (χ1n) is 34.5. The standard InChI is InChI=1S/C76H128O6/c1-4-7-10-13-16-19-22-25-28-30-31-32-33-34-35-36-37-38-39-40-41-42-43-44-45-46-49-51-54-57-60-63-66-69-75(78)81-72-73(71-80-74(77)68-65-62-59-56-53-50-47-27-24-21-18-15-12-9-6-3)82-76(79)70-67-64-61-58-55-52-48-29-26-23-20-17-14-11-8-5-2/h7,10,16,19,25,27-28,31-32,34-35,37-38,40-41,43-44,46-47,49,73H,4-6,8-9,11-15,17-18,20-24,26,29-30,33,36,39,42,45,48,50-72H2,1-3H3/b10-7-,19-16-,28-25-,32-31-,35-34-,38-37-,41-40-,44-43-,47-27-,49-46-. The summed E-state index contributed by atoms with van der Waals surface area (Å²) in [6.45, 7) is 6.53. The molecule has 0 aromatic rings. The van der Waals surface area contributed by atoms with Crippen molar-refractivity contribution in [3.63, 3.8) is 0 Å². The molecule has 0 heterocycles. The van der Waals surface area contributed by atoms with Gasteiger partial charge in [0.25, 0.3) is 0 Å². The van der Waals surface area contributed by atoms with Gasteiger partial charge < -0.3 is 14.2 Å². The lowest BCUT2D eigenvalue weighted by atomic mass is 10.0. The summed E-state index contributed by atoms with van der Waals surface area (Å²) in [4.78, 5) is 38.4. The van der Waals surface area contributed by atoms with Gasteiger partial charge in [0.1, 0.15) is 13.2 Å². The van der Waals surface area contributed by atoms with Gasteiger partial charge in [0, 0.05) is 19.3 Å². The molecule has 0 aliphatic carbocycles. The fourth-order valence-electron chi connectivity index (χ4n) is 9.55. The Balaban J connectivity index is 4.34. The first-order chi connectivity index (χ1) is 40.5. The van der Waals surface area contributed by atoms with Crippen LogP contribution in [0.2, 0.25) is 0 Å². The highest BCUT2D eigenvalue weighted by molar-refractivity contribution is 5.71. The SMILES string of the molecule is CC/C=C\C/C=C\C/C=C\C/C=C\C/C=C\C/C=C\C/C=C\C/C=C\C/C=C\CCCCCCCC(=O)OCC(COC(=O)CCCCCCC/C=C\CCCCCCCC)OC(=O)CCCCCCCCCCCCCCCCCC. The summed E-state index contributed by atoms with van der Waals surface area (Å²) in [5.41, 5.74) is 0. The molecule has 468 valence electrons. The lowest BCUT2D eigenvalue weighted by molar-refractivity contribution is -0.167. The number of carbonyl (C=O) groups excluding carboxylic acids is 3. The summed E-state index contributed by atoms with van der Waals surface area (Å²) < 4.78 is 16.9. The van der Waals surface area contributed by atoms with Crippen molar-refractivity contribution in [3.05, 3.63) is 122 Å². The molecule has 0 fully saturated rings. The maximum atomic E-state index is 12.9. The largest absolute Gasteiger partial charge is 0.462 e. The number of allylic oxidation sites excluding steroid dienone is 20. The Morgan fingerprint density at radius 3 is 0.756 bits per heavy atom. The van der Waals surface area contributed by atoms with Crippen molar-refractivity contribution in [2.24, 2.45) is 0 Å². The Morgan fingerprint density at radius 1 is 0.256 bits per heavy atom. The molecule has 6 nitrogen and oxygen atoms in total. The van der Waals surface area contributed by atoms with Gasteiger partial charge in [-0.1, -0.05) is 309 Å². The molecule has 0 spiro atoms.